The van der Waals surface area contributed by atoms with Crippen LogP contribution in [-0.4, -0.2) is 32.0 Å². The molecule has 5 aromatic rings. The summed E-state index contributed by atoms with van der Waals surface area (Å²) in [7, 11) is 1.58. The highest BCUT2D eigenvalue weighted by Gasteiger charge is 2.12. The van der Waals surface area contributed by atoms with Crippen LogP contribution in [0, 0.1) is 0 Å². The Hall–Kier alpha value is -4.46. The summed E-state index contributed by atoms with van der Waals surface area (Å²) in [6.45, 7) is 0. The number of aromatic nitrogens is 5. The van der Waals surface area contributed by atoms with Crippen molar-refractivity contribution in [1.82, 2.24) is 24.9 Å². The molecule has 0 saturated heterocycles. The second-order valence-electron chi connectivity index (χ2n) is 6.65. The maximum absolute atomic E-state index is 5.85. The lowest BCUT2D eigenvalue weighted by Crippen LogP contribution is -1.99. The van der Waals surface area contributed by atoms with Gasteiger partial charge in [-0.1, -0.05) is 18.2 Å². The molecule has 31 heavy (non-hydrogen) atoms. The van der Waals surface area contributed by atoms with Crippen molar-refractivity contribution >= 4 is 22.7 Å². The summed E-state index contributed by atoms with van der Waals surface area (Å²) in [6, 6.07) is 20.9. The van der Waals surface area contributed by atoms with Gasteiger partial charge in [0, 0.05) is 23.5 Å². The zero-order valence-electron chi connectivity index (χ0n) is 16.6. The predicted octanol–water partition coefficient (Wildman–Crippen LogP) is 4.96. The third kappa shape index (κ3) is 3.99. The number of methoxy groups -OCH3 is 1. The predicted molar refractivity (Wildman–Crippen MR) is 118 cm³/mol. The first-order chi connectivity index (χ1) is 15.3. The summed E-state index contributed by atoms with van der Waals surface area (Å²) >= 11 is 0. The Morgan fingerprint density at radius 1 is 0.839 bits per heavy atom. The molecule has 8 heteroatoms. The molecule has 0 saturated carbocycles. The van der Waals surface area contributed by atoms with Gasteiger partial charge in [0.15, 0.2) is 17.3 Å². The second-order valence-corrected chi connectivity index (χ2v) is 6.65. The van der Waals surface area contributed by atoms with E-state index in [1.807, 2.05) is 60.7 Å². The molecule has 152 valence electrons. The summed E-state index contributed by atoms with van der Waals surface area (Å²) < 4.78 is 11.0. The average molecular weight is 410 g/mol. The lowest BCUT2D eigenvalue weighted by Gasteiger charge is -2.10. The molecule has 8 nitrogen and oxygen atoms in total. The third-order valence-electron chi connectivity index (χ3n) is 4.59. The van der Waals surface area contributed by atoms with Crippen LogP contribution in [0.3, 0.4) is 0 Å². The number of hydrogen-bond donors (Lipinski definition) is 2. The normalized spacial score (nSPS) is 10.7. The topological polar surface area (TPSA) is 97.8 Å². The summed E-state index contributed by atoms with van der Waals surface area (Å²) in [6.07, 6.45) is 3.27. The number of aromatic amines is 1. The van der Waals surface area contributed by atoms with E-state index in [9.17, 15) is 0 Å². The summed E-state index contributed by atoms with van der Waals surface area (Å²) in [4.78, 5) is 20.8. The van der Waals surface area contributed by atoms with Crippen molar-refractivity contribution in [2.75, 3.05) is 12.4 Å². The fourth-order valence-electron chi connectivity index (χ4n) is 3.05. The first kappa shape index (κ1) is 18.6. The molecule has 5 rings (SSSR count). The summed E-state index contributed by atoms with van der Waals surface area (Å²) in [5, 5.41) is 3.33. The van der Waals surface area contributed by atoms with Crippen molar-refractivity contribution in [3.8, 4) is 28.8 Å². The Labute approximate surface area is 178 Å². The van der Waals surface area contributed by atoms with Crippen molar-refractivity contribution in [2.45, 2.75) is 0 Å². The van der Waals surface area contributed by atoms with E-state index in [4.69, 9.17) is 9.47 Å². The van der Waals surface area contributed by atoms with Gasteiger partial charge in [0.25, 0.3) is 0 Å². The number of nitrogens with zero attached hydrogens (tertiary/aromatic N) is 4. The van der Waals surface area contributed by atoms with E-state index >= 15 is 0 Å². The lowest BCUT2D eigenvalue weighted by atomic mass is 10.2. The Balaban J connectivity index is 1.42. The molecule has 0 unspecified atom stereocenters. The van der Waals surface area contributed by atoms with Gasteiger partial charge in [-0.25, -0.2) is 19.9 Å². The van der Waals surface area contributed by atoms with Gasteiger partial charge < -0.3 is 19.8 Å². The molecule has 2 N–H and O–H groups in total. The van der Waals surface area contributed by atoms with Crippen LogP contribution in [0.5, 0.6) is 17.4 Å². The lowest BCUT2D eigenvalue weighted by molar-refractivity contribution is 0.398. The van der Waals surface area contributed by atoms with E-state index in [0.29, 0.717) is 23.2 Å². The van der Waals surface area contributed by atoms with Crippen LogP contribution < -0.4 is 14.8 Å². The van der Waals surface area contributed by atoms with Crippen LogP contribution in [0.15, 0.2) is 79.3 Å². The molecule has 0 fully saturated rings. The Bertz CT molecular complexity index is 1300. The molecule has 0 radical (unpaired) electrons. The minimum absolute atomic E-state index is 0.515. The molecule has 3 heterocycles. The molecule has 0 aliphatic heterocycles. The average Bonchev–Trinajstić information content (AvgIpc) is 3.30. The van der Waals surface area contributed by atoms with Gasteiger partial charge in [0.2, 0.25) is 5.88 Å². The minimum atomic E-state index is 0.515. The molecule has 0 aliphatic rings. The molecule has 0 bridgehead atoms. The molecule has 0 atom stereocenters. The molecule has 0 amide bonds. The fourth-order valence-corrected chi connectivity index (χ4v) is 3.05. The number of hydrogen-bond acceptors (Lipinski definition) is 7. The second kappa shape index (κ2) is 8.11. The maximum atomic E-state index is 5.85. The van der Waals surface area contributed by atoms with Crippen molar-refractivity contribution in [3.63, 3.8) is 0 Å². The van der Waals surface area contributed by atoms with Crippen LogP contribution in [0.25, 0.3) is 22.6 Å². The van der Waals surface area contributed by atoms with Crippen molar-refractivity contribution < 1.29 is 9.47 Å². The molecular formula is C23H18N6O2. The maximum Gasteiger partial charge on any atom is 0.212 e. The quantitative estimate of drug-likeness (QED) is 0.408. The van der Waals surface area contributed by atoms with Crippen LogP contribution in [-0.2, 0) is 0 Å². The Morgan fingerprint density at radius 2 is 1.65 bits per heavy atom. The number of pyridine rings is 1. The van der Waals surface area contributed by atoms with Crippen LogP contribution in [0.1, 0.15) is 0 Å². The van der Waals surface area contributed by atoms with E-state index in [-0.39, 0.29) is 0 Å². The van der Waals surface area contributed by atoms with E-state index in [1.54, 1.807) is 25.7 Å². The zero-order valence-corrected chi connectivity index (χ0v) is 16.6. The molecule has 2 aromatic carbocycles. The highest BCUT2D eigenvalue weighted by Crippen LogP contribution is 2.28. The highest BCUT2D eigenvalue weighted by atomic mass is 16.5. The number of imidazole rings is 1. The smallest absolute Gasteiger partial charge is 0.212 e. The Morgan fingerprint density at radius 3 is 2.39 bits per heavy atom. The summed E-state index contributed by atoms with van der Waals surface area (Å²) in [5.41, 5.74) is 2.90. The van der Waals surface area contributed by atoms with Crippen LogP contribution >= 0.6 is 0 Å². The number of benzene rings is 2. The molecular weight excluding hydrogens is 392 g/mol. The first-order valence-electron chi connectivity index (χ1n) is 9.60. The van der Waals surface area contributed by atoms with Gasteiger partial charge >= 0.3 is 0 Å². The van der Waals surface area contributed by atoms with Gasteiger partial charge in [-0.2, -0.15) is 0 Å². The van der Waals surface area contributed by atoms with Gasteiger partial charge in [-0.05, 0) is 42.5 Å². The van der Waals surface area contributed by atoms with Crippen LogP contribution in [0.2, 0.25) is 0 Å². The zero-order chi connectivity index (χ0) is 21.0. The fraction of sp³-hybridized carbons (Fsp3) is 0.0435. The van der Waals surface area contributed by atoms with E-state index in [2.05, 4.69) is 30.2 Å². The SMILES string of the molecule is COc1ccc(-c2nc(Nc3ccc(Oc4ccccc4)cc3)c3[nH]cnc3n2)cn1. The monoisotopic (exact) mass is 410 g/mol. The minimum Gasteiger partial charge on any atom is -0.481 e. The third-order valence-corrected chi connectivity index (χ3v) is 4.59. The summed E-state index contributed by atoms with van der Waals surface area (Å²) in [5.74, 6) is 3.19. The molecule has 3 aromatic heterocycles. The number of fused-ring (bicyclic) bond motifs is 1. The van der Waals surface area contributed by atoms with Gasteiger partial charge in [-0.15, -0.1) is 0 Å². The highest BCUT2D eigenvalue weighted by molar-refractivity contribution is 5.86. The van der Waals surface area contributed by atoms with E-state index in [1.165, 1.54) is 0 Å². The number of rotatable bonds is 6. The van der Waals surface area contributed by atoms with E-state index in [0.717, 1.165) is 28.3 Å². The largest absolute Gasteiger partial charge is 0.481 e. The van der Waals surface area contributed by atoms with E-state index < -0.39 is 0 Å². The van der Waals surface area contributed by atoms with Gasteiger partial charge in [0.1, 0.15) is 17.0 Å². The van der Waals surface area contributed by atoms with Crippen molar-refractivity contribution in [3.05, 3.63) is 79.3 Å². The number of para-hydroxylation sites is 1. The van der Waals surface area contributed by atoms with Crippen molar-refractivity contribution in [2.24, 2.45) is 0 Å². The van der Waals surface area contributed by atoms with Gasteiger partial charge in [0.05, 0.1) is 13.4 Å². The van der Waals surface area contributed by atoms with Crippen molar-refractivity contribution in [1.29, 1.82) is 0 Å². The Kier molecular flexibility index (Phi) is 4.86. The van der Waals surface area contributed by atoms with Crippen LogP contribution in [0.4, 0.5) is 11.5 Å². The number of anilines is 2. The standard InChI is InChI=1S/C23H18N6O2/c1-30-19-12-7-15(13-24-19)21-28-22-20(25-14-26-22)23(29-21)27-16-8-10-18(11-9-16)31-17-5-3-2-4-6-17/h2-14H,1H3,(H2,25,26,27,28,29). The first-order valence-corrected chi connectivity index (χ1v) is 9.60. The number of ether oxygens (including phenoxy) is 2. The van der Waals surface area contributed by atoms with Gasteiger partial charge in [-0.3, -0.25) is 0 Å². The molecule has 0 aliphatic carbocycles. The number of nitrogens with one attached hydrogen (secondary N) is 2. The molecule has 0 spiro atoms. The number of H-pyrrole nitrogens is 1.